The van der Waals surface area contributed by atoms with Crippen LogP contribution in [0.5, 0.6) is 0 Å². The zero-order valence-electron chi connectivity index (χ0n) is 14.6. The van der Waals surface area contributed by atoms with Gasteiger partial charge in [-0.15, -0.1) is 0 Å². The van der Waals surface area contributed by atoms with Crippen molar-refractivity contribution in [2.45, 2.75) is 64.4 Å². The number of rotatable bonds is 12. The molecule has 0 aromatic rings. The first-order valence-corrected chi connectivity index (χ1v) is 8.99. The molecule has 3 atom stereocenters. The van der Waals surface area contributed by atoms with Crippen LogP contribution in [0.15, 0.2) is 36.5 Å². The standard InChI is InChI=1S/C20H30O4/c1-2-3-4-5-6-7-9-17(21)14-12-16-13-15-19(22)18(16)10-8-11-20(23)24/h6-7,12-18,21H,2-5,8-11H2,1H3,(H,23,24)/b7-6-,14-12+/t16-,17+,18+/m0/s1. The van der Waals surface area contributed by atoms with Crippen molar-refractivity contribution in [3.63, 3.8) is 0 Å². The van der Waals surface area contributed by atoms with Crippen molar-refractivity contribution < 1.29 is 19.8 Å². The van der Waals surface area contributed by atoms with E-state index in [4.69, 9.17) is 5.11 Å². The van der Waals surface area contributed by atoms with E-state index < -0.39 is 12.1 Å². The van der Waals surface area contributed by atoms with Gasteiger partial charge in [0.2, 0.25) is 0 Å². The van der Waals surface area contributed by atoms with E-state index in [9.17, 15) is 14.7 Å². The lowest BCUT2D eigenvalue weighted by molar-refractivity contribution is -0.137. The van der Waals surface area contributed by atoms with Crippen molar-refractivity contribution in [1.29, 1.82) is 0 Å². The lowest BCUT2D eigenvalue weighted by Gasteiger charge is -2.14. The number of allylic oxidation sites excluding steroid dienone is 4. The Balaban J connectivity index is 2.36. The summed E-state index contributed by atoms with van der Waals surface area (Å²) in [6.45, 7) is 2.18. The van der Waals surface area contributed by atoms with Crippen LogP contribution in [-0.2, 0) is 9.59 Å². The predicted octanol–water partition coefficient (Wildman–Crippen LogP) is 4.06. The molecule has 0 spiro atoms. The second-order valence-electron chi connectivity index (χ2n) is 6.39. The highest BCUT2D eigenvalue weighted by Crippen LogP contribution is 2.28. The number of aliphatic hydroxyl groups is 1. The van der Waals surface area contributed by atoms with Crippen LogP contribution >= 0.6 is 0 Å². The molecule has 2 N–H and O–H groups in total. The minimum Gasteiger partial charge on any atom is -0.481 e. The SMILES string of the molecule is CCCCC/C=C\C[C@@H](O)/C=C/[C@H]1C=CC(=O)[C@@H]1CCCC(=O)O. The van der Waals surface area contributed by atoms with Gasteiger partial charge in [-0.05, 0) is 38.2 Å². The number of carbonyl (C=O) groups is 2. The van der Waals surface area contributed by atoms with Crippen molar-refractivity contribution in [1.82, 2.24) is 0 Å². The molecule has 1 aliphatic carbocycles. The van der Waals surface area contributed by atoms with Crippen molar-refractivity contribution in [3.8, 4) is 0 Å². The molecule has 0 saturated carbocycles. The normalized spacial score (nSPS) is 22.0. The Bertz CT molecular complexity index is 476. The molecule has 0 aromatic carbocycles. The van der Waals surface area contributed by atoms with Crippen molar-refractivity contribution in [3.05, 3.63) is 36.5 Å². The van der Waals surface area contributed by atoms with Gasteiger partial charge in [0, 0.05) is 18.3 Å². The molecule has 0 fully saturated rings. The maximum atomic E-state index is 11.9. The summed E-state index contributed by atoms with van der Waals surface area (Å²) in [5.74, 6) is -0.992. The number of aliphatic carboxylic acids is 1. The van der Waals surface area contributed by atoms with E-state index in [0.717, 1.165) is 6.42 Å². The van der Waals surface area contributed by atoms with Crippen LogP contribution in [0.2, 0.25) is 0 Å². The summed E-state index contributed by atoms with van der Waals surface area (Å²) in [5, 5.41) is 18.7. The Hall–Kier alpha value is -1.68. The molecule has 0 aromatic heterocycles. The highest BCUT2D eigenvalue weighted by atomic mass is 16.4. The molecular formula is C20H30O4. The van der Waals surface area contributed by atoms with Crippen LogP contribution in [0.4, 0.5) is 0 Å². The molecule has 1 rings (SSSR count). The average Bonchev–Trinajstić information content (AvgIpc) is 2.89. The van der Waals surface area contributed by atoms with Crippen LogP contribution in [0, 0.1) is 11.8 Å². The first-order chi connectivity index (χ1) is 11.5. The third-order valence-electron chi connectivity index (χ3n) is 4.29. The average molecular weight is 334 g/mol. The fourth-order valence-electron chi connectivity index (χ4n) is 2.86. The zero-order valence-corrected chi connectivity index (χ0v) is 14.6. The van der Waals surface area contributed by atoms with E-state index >= 15 is 0 Å². The predicted molar refractivity (Wildman–Crippen MR) is 95.7 cm³/mol. The fraction of sp³-hybridized carbons (Fsp3) is 0.600. The van der Waals surface area contributed by atoms with Gasteiger partial charge >= 0.3 is 5.97 Å². The number of carboxylic acids is 1. The Morgan fingerprint density at radius 3 is 2.79 bits per heavy atom. The Kier molecular flexibility index (Phi) is 10.0. The second kappa shape index (κ2) is 11.8. The molecule has 0 aliphatic heterocycles. The van der Waals surface area contributed by atoms with Crippen LogP contribution in [0.25, 0.3) is 0 Å². The summed E-state index contributed by atoms with van der Waals surface area (Å²) in [7, 11) is 0. The van der Waals surface area contributed by atoms with Gasteiger partial charge < -0.3 is 10.2 Å². The molecule has 0 bridgehead atoms. The second-order valence-corrected chi connectivity index (χ2v) is 6.39. The van der Waals surface area contributed by atoms with E-state index in [2.05, 4.69) is 13.0 Å². The molecule has 4 nitrogen and oxygen atoms in total. The number of carboxylic acid groups (broad SMARTS) is 1. The van der Waals surface area contributed by atoms with Crippen LogP contribution in [0.1, 0.15) is 58.3 Å². The highest BCUT2D eigenvalue weighted by Gasteiger charge is 2.27. The van der Waals surface area contributed by atoms with Gasteiger partial charge in [0.25, 0.3) is 0 Å². The highest BCUT2D eigenvalue weighted by molar-refractivity contribution is 5.94. The molecule has 0 heterocycles. The fourth-order valence-corrected chi connectivity index (χ4v) is 2.86. The molecule has 0 unspecified atom stereocenters. The van der Waals surface area contributed by atoms with E-state index in [1.807, 2.05) is 18.2 Å². The van der Waals surface area contributed by atoms with Gasteiger partial charge in [-0.3, -0.25) is 9.59 Å². The number of hydrogen-bond acceptors (Lipinski definition) is 3. The van der Waals surface area contributed by atoms with Gasteiger partial charge in [0.1, 0.15) is 0 Å². The number of ketones is 1. The van der Waals surface area contributed by atoms with E-state index in [-0.39, 0.29) is 24.0 Å². The van der Waals surface area contributed by atoms with Crippen molar-refractivity contribution in [2.24, 2.45) is 11.8 Å². The Morgan fingerprint density at radius 1 is 1.29 bits per heavy atom. The number of unbranched alkanes of at least 4 members (excludes halogenated alkanes) is 3. The van der Waals surface area contributed by atoms with Gasteiger partial charge in [-0.2, -0.15) is 0 Å². The van der Waals surface area contributed by atoms with Gasteiger partial charge in [-0.1, -0.05) is 50.1 Å². The Morgan fingerprint density at radius 2 is 2.08 bits per heavy atom. The minimum absolute atomic E-state index is 0.0329. The van der Waals surface area contributed by atoms with Crippen LogP contribution in [0.3, 0.4) is 0 Å². The molecule has 24 heavy (non-hydrogen) atoms. The maximum absolute atomic E-state index is 11.9. The van der Waals surface area contributed by atoms with Gasteiger partial charge in [-0.25, -0.2) is 0 Å². The van der Waals surface area contributed by atoms with Gasteiger partial charge in [0.15, 0.2) is 5.78 Å². The van der Waals surface area contributed by atoms with E-state index in [0.29, 0.717) is 19.3 Å². The molecular weight excluding hydrogens is 304 g/mol. The topological polar surface area (TPSA) is 74.6 Å². The number of hydrogen-bond donors (Lipinski definition) is 2. The summed E-state index contributed by atoms with van der Waals surface area (Å²) >= 11 is 0. The molecule has 0 saturated heterocycles. The summed E-state index contributed by atoms with van der Waals surface area (Å²) < 4.78 is 0. The summed E-state index contributed by atoms with van der Waals surface area (Å²) in [4.78, 5) is 22.4. The van der Waals surface area contributed by atoms with E-state index in [1.165, 1.54) is 19.3 Å². The number of aliphatic hydroxyl groups excluding tert-OH is 1. The first kappa shape index (κ1) is 20.4. The van der Waals surface area contributed by atoms with Crippen molar-refractivity contribution >= 4 is 11.8 Å². The monoisotopic (exact) mass is 334 g/mol. The largest absolute Gasteiger partial charge is 0.481 e. The maximum Gasteiger partial charge on any atom is 0.303 e. The summed E-state index contributed by atoms with van der Waals surface area (Å²) in [6, 6.07) is 0. The molecule has 1 aliphatic rings. The molecule has 134 valence electrons. The summed E-state index contributed by atoms with van der Waals surface area (Å²) in [6.07, 6.45) is 17.0. The first-order valence-electron chi connectivity index (χ1n) is 8.99. The minimum atomic E-state index is -0.832. The van der Waals surface area contributed by atoms with Crippen LogP contribution in [-0.4, -0.2) is 28.1 Å². The zero-order chi connectivity index (χ0) is 17.8. The van der Waals surface area contributed by atoms with E-state index in [1.54, 1.807) is 12.2 Å². The third-order valence-corrected chi connectivity index (χ3v) is 4.29. The smallest absolute Gasteiger partial charge is 0.303 e. The lowest BCUT2D eigenvalue weighted by atomic mass is 9.89. The Labute approximate surface area is 145 Å². The molecule has 0 radical (unpaired) electrons. The van der Waals surface area contributed by atoms with Crippen LogP contribution < -0.4 is 0 Å². The third kappa shape index (κ3) is 8.25. The molecule has 0 amide bonds. The number of carbonyl (C=O) groups excluding carboxylic acids is 1. The van der Waals surface area contributed by atoms with Crippen molar-refractivity contribution in [2.75, 3.05) is 0 Å². The lowest BCUT2D eigenvalue weighted by Crippen LogP contribution is -2.15. The van der Waals surface area contributed by atoms with Gasteiger partial charge in [0.05, 0.1) is 6.10 Å². The quantitative estimate of drug-likeness (QED) is 0.417. The molecule has 4 heteroatoms. The summed E-state index contributed by atoms with van der Waals surface area (Å²) in [5.41, 5.74) is 0.